The lowest BCUT2D eigenvalue weighted by Crippen LogP contribution is -2.91. The third kappa shape index (κ3) is 3.42. The van der Waals surface area contributed by atoms with Gasteiger partial charge in [-0.2, -0.15) is 0 Å². The molecule has 0 unspecified atom stereocenters. The van der Waals surface area contributed by atoms with E-state index in [1.807, 2.05) is 17.5 Å². The number of hydrogen-bond donors (Lipinski definition) is 1. The molecule has 0 amide bonds. The van der Waals surface area contributed by atoms with Crippen molar-refractivity contribution in [3.05, 3.63) is 22.4 Å². The maximum absolute atomic E-state index is 11.8. The molecular weight excluding hydrogens is 218 g/mol. The average Bonchev–Trinajstić information content (AvgIpc) is 2.71. The van der Waals surface area contributed by atoms with E-state index in [2.05, 4.69) is 5.32 Å². The van der Waals surface area contributed by atoms with Gasteiger partial charge in [0.15, 0.2) is 0 Å². The van der Waals surface area contributed by atoms with Gasteiger partial charge in [0, 0.05) is 0 Å². The Balaban J connectivity index is 1.76. The minimum absolute atomic E-state index is 0.291. The SMILES string of the molecule is O=C(C[NH2+]C1CCCCCC1)c1cccs1. The summed E-state index contributed by atoms with van der Waals surface area (Å²) in [5, 5.41) is 4.23. The van der Waals surface area contributed by atoms with Gasteiger partial charge in [0.1, 0.15) is 6.54 Å². The zero-order chi connectivity index (χ0) is 11.2. The summed E-state index contributed by atoms with van der Waals surface area (Å²) in [6.45, 7) is 0.630. The molecule has 0 atom stereocenters. The largest absolute Gasteiger partial charge is 0.337 e. The summed E-state index contributed by atoms with van der Waals surface area (Å²) in [4.78, 5) is 12.7. The van der Waals surface area contributed by atoms with Crippen molar-refractivity contribution in [3.63, 3.8) is 0 Å². The Morgan fingerprint density at radius 1 is 1.31 bits per heavy atom. The zero-order valence-corrected chi connectivity index (χ0v) is 10.5. The molecule has 1 fully saturated rings. The second-order valence-corrected chi connectivity index (χ2v) is 5.54. The quantitative estimate of drug-likeness (QED) is 0.633. The van der Waals surface area contributed by atoms with Gasteiger partial charge in [0.2, 0.25) is 5.78 Å². The molecule has 2 rings (SSSR count). The molecule has 1 aliphatic carbocycles. The fraction of sp³-hybridized carbons (Fsp3) is 0.615. The molecule has 0 radical (unpaired) electrons. The van der Waals surface area contributed by atoms with Crippen LogP contribution >= 0.6 is 11.3 Å². The van der Waals surface area contributed by atoms with Crippen molar-refractivity contribution in [1.82, 2.24) is 0 Å². The van der Waals surface area contributed by atoms with Gasteiger partial charge >= 0.3 is 0 Å². The number of carbonyl (C=O) groups is 1. The molecule has 16 heavy (non-hydrogen) atoms. The Morgan fingerprint density at radius 2 is 2.06 bits per heavy atom. The number of hydrogen-bond acceptors (Lipinski definition) is 2. The van der Waals surface area contributed by atoms with Crippen LogP contribution in [0.5, 0.6) is 0 Å². The van der Waals surface area contributed by atoms with E-state index in [4.69, 9.17) is 0 Å². The van der Waals surface area contributed by atoms with Gasteiger partial charge in [0.05, 0.1) is 10.9 Å². The first-order valence-electron chi connectivity index (χ1n) is 6.26. The molecule has 1 saturated carbocycles. The fourth-order valence-corrected chi connectivity index (χ4v) is 3.03. The van der Waals surface area contributed by atoms with Crippen LogP contribution in [0.4, 0.5) is 0 Å². The molecule has 2 N–H and O–H groups in total. The van der Waals surface area contributed by atoms with E-state index >= 15 is 0 Å². The van der Waals surface area contributed by atoms with Gasteiger partial charge in [-0.25, -0.2) is 0 Å². The molecule has 0 aliphatic heterocycles. The summed E-state index contributed by atoms with van der Waals surface area (Å²) in [6, 6.07) is 4.56. The van der Waals surface area contributed by atoms with Crippen LogP contribution in [0, 0.1) is 0 Å². The highest BCUT2D eigenvalue weighted by molar-refractivity contribution is 7.12. The van der Waals surface area contributed by atoms with Crippen molar-refractivity contribution >= 4 is 17.1 Å². The van der Waals surface area contributed by atoms with E-state index in [-0.39, 0.29) is 0 Å². The third-order valence-corrected chi connectivity index (χ3v) is 4.24. The predicted molar refractivity (Wildman–Crippen MR) is 66.9 cm³/mol. The highest BCUT2D eigenvalue weighted by Gasteiger charge is 2.17. The molecule has 1 aromatic heterocycles. The minimum atomic E-state index is 0.291. The number of rotatable bonds is 4. The van der Waals surface area contributed by atoms with Gasteiger partial charge < -0.3 is 5.32 Å². The number of carbonyl (C=O) groups excluding carboxylic acids is 1. The first-order chi connectivity index (χ1) is 7.86. The zero-order valence-electron chi connectivity index (χ0n) is 9.65. The van der Waals surface area contributed by atoms with Crippen LogP contribution in [0.3, 0.4) is 0 Å². The van der Waals surface area contributed by atoms with E-state index in [9.17, 15) is 4.79 Å². The Kier molecular flexibility index (Phi) is 4.55. The Hall–Kier alpha value is -0.670. The van der Waals surface area contributed by atoms with Gasteiger partial charge in [0.25, 0.3) is 0 Å². The van der Waals surface area contributed by atoms with Crippen molar-refractivity contribution in [2.75, 3.05) is 6.54 Å². The molecule has 0 bridgehead atoms. The summed E-state index contributed by atoms with van der Waals surface area (Å²) in [5.41, 5.74) is 0. The van der Waals surface area contributed by atoms with E-state index < -0.39 is 0 Å². The van der Waals surface area contributed by atoms with Crippen LogP contribution in [0.1, 0.15) is 48.2 Å². The normalized spacial score (nSPS) is 18.2. The summed E-state index contributed by atoms with van der Waals surface area (Å²) in [6.07, 6.45) is 8.02. The first kappa shape index (κ1) is 11.8. The fourth-order valence-electron chi connectivity index (χ4n) is 2.36. The Bertz CT molecular complexity index is 313. The number of ketones is 1. The van der Waals surface area contributed by atoms with Crippen LogP contribution in [0.15, 0.2) is 17.5 Å². The van der Waals surface area contributed by atoms with Gasteiger partial charge in [-0.1, -0.05) is 18.9 Å². The topological polar surface area (TPSA) is 33.7 Å². The maximum Gasteiger partial charge on any atom is 0.226 e. The lowest BCUT2D eigenvalue weighted by Gasteiger charge is -2.11. The van der Waals surface area contributed by atoms with Crippen LogP contribution in [0.25, 0.3) is 0 Å². The van der Waals surface area contributed by atoms with E-state index in [1.54, 1.807) is 11.3 Å². The standard InChI is InChI=1S/C13H19NOS/c15-12(13-8-5-9-16-13)10-14-11-6-3-1-2-4-7-11/h5,8-9,11,14H,1-4,6-7,10H2/p+1. The lowest BCUT2D eigenvalue weighted by atomic mass is 10.1. The molecule has 2 nitrogen and oxygen atoms in total. The van der Waals surface area contributed by atoms with Crippen LogP contribution in [0.2, 0.25) is 0 Å². The van der Waals surface area contributed by atoms with E-state index in [0.717, 1.165) is 4.88 Å². The molecule has 1 heterocycles. The maximum atomic E-state index is 11.8. The highest BCUT2D eigenvalue weighted by Crippen LogP contribution is 2.15. The van der Waals surface area contributed by atoms with Crippen LogP contribution in [-0.2, 0) is 0 Å². The molecule has 0 aromatic carbocycles. The molecule has 1 aliphatic rings. The summed E-state index contributed by atoms with van der Waals surface area (Å²) >= 11 is 1.55. The number of Topliss-reactive ketones (excluding diaryl/α,β-unsaturated/α-hetero) is 1. The second-order valence-electron chi connectivity index (χ2n) is 4.59. The number of thiophene rings is 1. The average molecular weight is 238 g/mol. The van der Waals surface area contributed by atoms with Crippen molar-refractivity contribution in [2.24, 2.45) is 0 Å². The summed E-state index contributed by atoms with van der Waals surface area (Å²) in [7, 11) is 0. The third-order valence-electron chi connectivity index (χ3n) is 3.33. The molecule has 1 aromatic rings. The van der Waals surface area contributed by atoms with Crippen LogP contribution in [-0.4, -0.2) is 18.4 Å². The van der Waals surface area contributed by atoms with E-state index in [0.29, 0.717) is 18.4 Å². The summed E-state index contributed by atoms with van der Waals surface area (Å²) < 4.78 is 0. The van der Waals surface area contributed by atoms with Crippen molar-refractivity contribution in [2.45, 2.75) is 44.6 Å². The van der Waals surface area contributed by atoms with E-state index in [1.165, 1.54) is 38.5 Å². The number of quaternary nitrogens is 1. The molecule has 3 heteroatoms. The van der Waals surface area contributed by atoms with Crippen molar-refractivity contribution in [1.29, 1.82) is 0 Å². The van der Waals surface area contributed by atoms with Gasteiger partial charge in [-0.15, -0.1) is 11.3 Å². The predicted octanol–water partition coefficient (Wildman–Crippen LogP) is 2.22. The minimum Gasteiger partial charge on any atom is -0.337 e. The first-order valence-corrected chi connectivity index (χ1v) is 7.14. The van der Waals surface area contributed by atoms with Gasteiger partial charge in [-0.3, -0.25) is 4.79 Å². The molecule has 0 saturated heterocycles. The lowest BCUT2D eigenvalue weighted by molar-refractivity contribution is -0.679. The number of nitrogens with two attached hydrogens (primary N) is 1. The molecule has 0 spiro atoms. The monoisotopic (exact) mass is 238 g/mol. The molecular formula is C13H20NOS+. The second kappa shape index (κ2) is 6.16. The molecule has 88 valence electrons. The summed E-state index contributed by atoms with van der Waals surface area (Å²) in [5.74, 6) is 0.291. The van der Waals surface area contributed by atoms with Crippen molar-refractivity contribution in [3.8, 4) is 0 Å². The smallest absolute Gasteiger partial charge is 0.226 e. The highest BCUT2D eigenvalue weighted by atomic mass is 32.1. The Labute approximate surface area is 101 Å². The van der Waals surface area contributed by atoms with Crippen LogP contribution < -0.4 is 5.32 Å². The van der Waals surface area contributed by atoms with Gasteiger partial charge in [-0.05, 0) is 37.1 Å². The van der Waals surface area contributed by atoms with Crippen molar-refractivity contribution < 1.29 is 10.1 Å². The Morgan fingerprint density at radius 3 is 2.69 bits per heavy atom.